The number of amides is 2. The second-order valence-corrected chi connectivity index (χ2v) is 6.57. The van der Waals surface area contributed by atoms with Crippen LogP contribution in [0.1, 0.15) is 31.8 Å². The minimum Gasteiger partial charge on any atom is -0.399 e. The zero-order chi connectivity index (χ0) is 20.3. The van der Waals surface area contributed by atoms with Gasteiger partial charge in [-0.1, -0.05) is 12.1 Å². The van der Waals surface area contributed by atoms with Crippen molar-refractivity contribution in [2.24, 2.45) is 0 Å². The maximum Gasteiger partial charge on any atom is 0.255 e. The second kappa shape index (κ2) is 7.84. The molecule has 0 unspecified atom stereocenters. The molecule has 0 aliphatic rings. The Morgan fingerprint density at radius 1 is 0.679 bits per heavy atom. The number of benzene rings is 3. The van der Waals surface area contributed by atoms with Gasteiger partial charge in [0.05, 0.1) is 0 Å². The lowest BCUT2D eigenvalue weighted by Crippen LogP contribution is -2.15. The van der Waals surface area contributed by atoms with Crippen LogP contribution in [0.4, 0.5) is 22.7 Å². The quantitative estimate of drug-likeness (QED) is 0.518. The van der Waals surface area contributed by atoms with Crippen LogP contribution in [0.15, 0.2) is 60.7 Å². The molecule has 0 fully saturated rings. The Hall–Kier alpha value is -3.80. The number of nitrogen functional groups attached to an aromatic ring is 2. The van der Waals surface area contributed by atoms with Crippen molar-refractivity contribution < 1.29 is 9.59 Å². The van der Waals surface area contributed by atoms with Crippen molar-refractivity contribution in [1.29, 1.82) is 0 Å². The number of anilines is 4. The number of nitrogens with one attached hydrogen (secondary N) is 2. The summed E-state index contributed by atoms with van der Waals surface area (Å²) in [6, 6.07) is 17.1. The van der Waals surface area contributed by atoms with E-state index in [2.05, 4.69) is 10.6 Å². The van der Waals surface area contributed by atoms with E-state index in [0.717, 1.165) is 11.1 Å². The first-order valence-electron chi connectivity index (χ1n) is 8.79. The molecule has 142 valence electrons. The largest absolute Gasteiger partial charge is 0.399 e. The van der Waals surface area contributed by atoms with Crippen LogP contribution in [0, 0.1) is 13.8 Å². The van der Waals surface area contributed by atoms with E-state index in [1.807, 2.05) is 13.8 Å². The normalized spacial score (nSPS) is 10.4. The molecule has 0 saturated heterocycles. The predicted octanol–water partition coefficient (Wildman–Crippen LogP) is 3.97. The minimum atomic E-state index is -0.244. The summed E-state index contributed by atoms with van der Waals surface area (Å²) in [5, 5.41) is 5.78. The van der Waals surface area contributed by atoms with Gasteiger partial charge in [0, 0.05) is 33.9 Å². The maximum atomic E-state index is 12.5. The molecule has 6 nitrogen and oxygen atoms in total. The molecule has 0 spiro atoms. The van der Waals surface area contributed by atoms with Crippen molar-refractivity contribution in [3.8, 4) is 0 Å². The van der Waals surface area contributed by atoms with Crippen LogP contribution in [-0.4, -0.2) is 11.8 Å². The van der Waals surface area contributed by atoms with Gasteiger partial charge in [-0.05, 0) is 73.5 Å². The molecule has 0 atom stereocenters. The van der Waals surface area contributed by atoms with E-state index in [1.54, 1.807) is 60.7 Å². The van der Waals surface area contributed by atoms with E-state index < -0.39 is 0 Å². The van der Waals surface area contributed by atoms with Crippen molar-refractivity contribution in [3.63, 3.8) is 0 Å². The van der Waals surface area contributed by atoms with Gasteiger partial charge >= 0.3 is 0 Å². The fourth-order valence-corrected chi connectivity index (χ4v) is 2.84. The molecule has 3 aromatic carbocycles. The lowest BCUT2D eigenvalue weighted by molar-refractivity contribution is 0.101. The summed E-state index contributed by atoms with van der Waals surface area (Å²) in [6.07, 6.45) is 0. The van der Waals surface area contributed by atoms with E-state index in [-0.39, 0.29) is 11.8 Å². The number of nitrogens with two attached hydrogens (primary N) is 2. The smallest absolute Gasteiger partial charge is 0.255 e. The van der Waals surface area contributed by atoms with Crippen molar-refractivity contribution in [2.45, 2.75) is 13.8 Å². The third-order valence-corrected chi connectivity index (χ3v) is 4.58. The van der Waals surface area contributed by atoms with E-state index in [4.69, 9.17) is 11.5 Å². The van der Waals surface area contributed by atoms with Crippen molar-refractivity contribution in [3.05, 3.63) is 82.9 Å². The van der Waals surface area contributed by atoms with E-state index in [9.17, 15) is 9.59 Å². The molecular weight excluding hydrogens is 352 g/mol. The molecule has 0 saturated carbocycles. The fraction of sp³-hybridized carbons (Fsp3) is 0.0909. The van der Waals surface area contributed by atoms with Gasteiger partial charge in [-0.25, -0.2) is 0 Å². The Morgan fingerprint density at radius 3 is 1.43 bits per heavy atom. The van der Waals surface area contributed by atoms with Crippen molar-refractivity contribution in [1.82, 2.24) is 0 Å². The summed E-state index contributed by atoms with van der Waals surface area (Å²) in [6.45, 7) is 3.78. The SMILES string of the molecule is Cc1c(NC(=O)c2cccc(N)c2)ccc(NC(=O)c2cccc(N)c2)c1C. The third-order valence-electron chi connectivity index (χ3n) is 4.58. The highest BCUT2D eigenvalue weighted by Gasteiger charge is 2.13. The highest BCUT2D eigenvalue weighted by atomic mass is 16.2. The number of hydrogen-bond donors (Lipinski definition) is 4. The van der Waals surface area contributed by atoms with Gasteiger partial charge in [0.25, 0.3) is 11.8 Å². The molecule has 0 aliphatic carbocycles. The Balaban J connectivity index is 1.79. The second-order valence-electron chi connectivity index (χ2n) is 6.57. The third kappa shape index (κ3) is 4.12. The fourth-order valence-electron chi connectivity index (χ4n) is 2.84. The molecular formula is C22H22N4O2. The number of carbonyl (C=O) groups is 2. The number of carbonyl (C=O) groups excluding carboxylic acids is 2. The van der Waals surface area contributed by atoms with Gasteiger partial charge in [0.2, 0.25) is 0 Å². The summed E-state index contributed by atoms with van der Waals surface area (Å²) in [5.74, 6) is -0.488. The molecule has 3 aromatic rings. The average molecular weight is 374 g/mol. The molecule has 0 bridgehead atoms. The molecule has 3 rings (SSSR count). The Labute approximate surface area is 163 Å². The van der Waals surface area contributed by atoms with Crippen LogP contribution in [0.3, 0.4) is 0 Å². The predicted molar refractivity (Wildman–Crippen MR) is 114 cm³/mol. The molecule has 2 amide bonds. The topological polar surface area (TPSA) is 110 Å². The Bertz CT molecular complexity index is 976. The first-order chi connectivity index (χ1) is 13.3. The van der Waals surface area contributed by atoms with Crippen LogP contribution in [-0.2, 0) is 0 Å². The van der Waals surface area contributed by atoms with Gasteiger partial charge in [-0.3, -0.25) is 9.59 Å². The lowest BCUT2D eigenvalue weighted by atomic mass is 10.0. The highest BCUT2D eigenvalue weighted by molar-refractivity contribution is 6.07. The summed E-state index contributed by atoms with van der Waals surface area (Å²) in [5.41, 5.74) is 16.6. The van der Waals surface area contributed by atoms with E-state index >= 15 is 0 Å². The highest BCUT2D eigenvalue weighted by Crippen LogP contribution is 2.27. The van der Waals surface area contributed by atoms with E-state index in [1.165, 1.54) is 0 Å². The van der Waals surface area contributed by atoms with Crippen LogP contribution >= 0.6 is 0 Å². The Morgan fingerprint density at radius 2 is 1.07 bits per heavy atom. The summed E-state index contributed by atoms with van der Waals surface area (Å²) < 4.78 is 0. The van der Waals surface area contributed by atoms with Gasteiger partial charge in [0.15, 0.2) is 0 Å². The molecule has 0 aliphatic heterocycles. The summed E-state index contributed by atoms with van der Waals surface area (Å²) >= 11 is 0. The molecule has 6 N–H and O–H groups in total. The van der Waals surface area contributed by atoms with Crippen molar-refractivity contribution >= 4 is 34.6 Å². The van der Waals surface area contributed by atoms with Crippen LogP contribution in [0.5, 0.6) is 0 Å². The Kier molecular flexibility index (Phi) is 5.31. The van der Waals surface area contributed by atoms with Crippen LogP contribution in [0.2, 0.25) is 0 Å². The average Bonchev–Trinajstić information content (AvgIpc) is 2.67. The van der Waals surface area contributed by atoms with Gasteiger partial charge in [0.1, 0.15) is 0 Å². The standard InChI is InChI=1S/C22H22N4O2/c1-13-14(2)20(26-22(28)16-6-4-8-18(24)12-16)10-9-19(13)25-21(27)15-5-3-7-17(23)11-15/h3-12H,23-24H2,1-2H3,(H,25,27)(H,26,28). The zero-order valence-electron chi connectivity index (χ0n) is 15.7. The number of hydrogen-bond acceptors (Lipinski definition) is 4. The van der Waals surface area contributed by atoms with Crippen LogP contribution < -0.4 is 22.1 Å². The zero-order valence-corrected chi connectivity index (χ0v) is 15.7. The van der Waals surface area contributed by atoms with Crippen molar-refractivity contribution in [2.75, 3.05) is 22.1 Å². The summed E-state index contributed by atoms with van der Waals surface area (Å²) in [7, 11) is 0. The first-order valence-corrected chi connectivity index (χ1v) is 8.79. The molecule has 0 radical (unpaired) electrons. The molecule has 0 aromatic heterocycles. The van der Waals surface area contributed by atoms with Gasteiger partial charge in [-0.15, -0.1) is 0 Å². The van der Waals surface area contributed by atoms with Gasteiger partial charge in [-0.2, -0.15) is 0 Å². The molecule has 6 heteroatoms. The molecule has 28 heavy (non-hydrogen) atoms. The monoisotopic (exact) mass is 374 g/mol. The van der Waals surface area contributed by atoms with Gasteiger partial charge < -0.3 is 22.1 Å². The first kappa shape index (κ1) is 19.0. The van der Waals surface area contributed by atoms with E-state index in [0.29, 0.717) is 33.9 Å². The van der Waals surface area contributed by atoms with Crippen LogP contribution in [0.25, 0.3) is 0 Å². The number of rotatable bonds is 4. The minimum absolute atomic E-state index is 0.244. The molecule has 0 heterocycles. The lowest BCUT2D eigenvalue weighted by Gasteiger charge is -2.15. The maximum absolute atomic E-state index is 12.5. The summed E-state index contributed by atoms with van der Waals surface area (Å²) in [4.78, 5) is 24.9.